The Balaban J connectivity index is 1.66. The van der Waals surface area contributed by atoms with E-state index in [1.54, 1.807) is 18.5 Å². The highest BCUT2D eigenvalue weighted by molar-refractivity contribution is 5.56. The van der Waals surface area contributed by atoms with Crippen molar-refractivity contribution in [1.29, 1.82) is 0 Å². The van der Waals surface area contributed by atoms with Crippen molar-refractivity contribution in [2.45, 2.75) is 13.5 Å². The van der Waals surface area contributed by atoms with E-state index in [9.17, 15) is 0 Å². The lowest BCUT2D eigenvalue weighted by atomic mass is 10.1. The van der Waals surface area contributed by atoms with Crippen LogP contribution in [-0.2, 0) is 6.61 Å². The highest BCUT2D eigenvalue weighted by Crippen LogP contribution is 2.25. The predicted octanol–water partition coefficient (Wildman–Crippen LogP) is 1.77. The Bertz CT molecular complexity index is 582. The van der Waals surface area contributed by atoms with E-state index in [1.165, 1.54) is 11.3 Å². The SMILES string of the molecule is Cc1cc(OCc2ncccn2)ccc1N1CCNCC1. The van der Waals surface area contributed by atoms with Gasteiger partial charge in [0, 0.05) is 44.3 Å². The van der Waals surface area contributed by atoms with Gasteiger partial charge in [-0.1, -0.05) is 0 Å². The van der Waals surface area contributed by atoms with Gasteiger partial charge in [-0.2, -0.15) is 0 Å². The minimum Gasteiger partial charge on any atom is -0.486 e. The average Bonchev–Trinajstić information content (AvgIpc) is 2.55. The van der Waals surface area contributed by atoms with E-state index in [4.69, 9.17) is 4.74 Å². The summed E-state index contributed by atoms with van der Waals surface area (Å²) in [5.41, 5.74) is 2.53. The summed E-state index contributed by atoms with van der Waals surface area (Å²) in [4.78, 5) is 10.7. The van der Waals surface area contributed by atoms with E-state index in [0.29, 0.717) is 12.4 Å². The summed E-state index contributed by atoms with van der Waals surface area (Å²) in [6, 6.07) is 8.05. The van der Waals surface area contributed by atoms with Crippen LogP contribution in [0.4, 0.5) is 5.69 Å². The van der Waals surface area contributed by atoms with Crippen molar-refractivity contribution >= 4 is 5.69 Å². The van der Waals surface area contributed by atoms with Crippen LogP contribution >= 0.6 is 0 Å². The molecule has 21 heavy (non-hydrogen) atoms. The molecule has 0 atom stereocenters. The van der Waals surface area contributed by atoms with Crippen LogP contribution in [0.15, 0.2) is 36.7 Å². The standard InChI is InChI=1S/C16H20N4O/c1-13-11-14(21-12-16-18-5-2-6-19-16)3-4-15(13)20-9-7-17-8-10-20/h2-6,11,17H,7-10,12H2,1H3. The molecule has 1 aliphatic heterocycles. The molecule has 1 aliphatic rings. The molecule has 2 heterocycles. The van der Waals surface area contributed by atoms with Crippen LogP contribution < -0.4 is 15.0 Å². The van der Waals surface area contributed by atoms with Gasteiger partial charge in [-0.25, -0.2) is 9.97 Å². The quantitative estimate of drug-likeness (QED) is 0.927. The van der Waals surface area contributed by atoms with Crippen LogP contribution in [0.5, 0.6) is 5.75 Å². The zero-order valence-electron chi connectivity index (χ0n) is 12.2. The van der Waals surface area contributed by atoms with Crippen LogP contribution in [0.25, 0.3) is 0 Å². The normalized spacial score (nSPS) is 15.0. The molecule has 0 unspecified atom stereocenters. The number of benzene rings is 1. The highest BCUT2D eigenvalue weighted by atomic mass is 16.5. The summed E-state index contributed by atoms with van der Waals surface area (Å²) < 4.78 is 5.76. The number of piperazine rings is 1. The first kappa shape index (κ1) is 13.8. The topological polar surface area (TPSA) is 50.3 Å². The summed E-state index contributed by atoms with van der Waals surface area (Å²) in [6.45, 7) is 6.72. The number of rotatable bonds is 4. The second-order valence-corrected chi connectivity index (χ2v) is 5.14. The smallest absolute Gasteiger partial charge is 0.166 e. The molecule has 0 spiro atoms. The molecular weight excluding hydrogens is 264 g/mol. The molecule has 0 bridgehead atoms. The molecule has 0 saturated carbocycles. The molecule has 3 rings (SSSR count). The van der Waals surface area contributed by atoms with Crippen molar-refractivity contribution < 1.29 is 4.74 Å². The van der Waals surface area contributed by atoms with Gasteiger partial charge in [-0.3, -0.25) is 0 Å². The summed E-state index contributed by atoms with van der Waals surface area (Å²) in [5.74, 6) is 1.56. The van der Waals surface area contributed by atoms with Gasteiger partial charge < -0.3 is 15.0 Å². The van der Waals surface area contributed by atoms with Crippen molar-refractivity contribution in [2.75, 3.05) is 31.1 Å². The van der Waals surface area contributed by atoms with Gasteiger partial charge in [0.1, 0.15) is 12.4 Å². The first-order valence-corrected chi connectivity index (χ1v) is 7.28. The molecule has 1 fully saturated rings. The second kappa shape index (κ2) is 6.54. The summed E-state index contributed by atoms with van der Waals surface area (Å²) >= 11 is 0. The number of hydrogen-bond acceptors (Lipinski definition) is 5. The molecule has 0 aliphatic carbocycles. The molecule has 0 radical (unpaired) electrons. The molecule has 1 aromatic heterocycles. The lowest BCUT2D eigenvalue weighted by molar-refractivity contribution is 0.295. The molecular formula is C16H20N4O. The van der Waals surface area contributed by atoms with Gasteiger partial charge in [0.15, 0.2) is 5.82 Å². The van der Waals surface area contributed by atoms with Gasteiger partial charge in [-0.15, -0.1) is 0 Å². The number of aryl methyl sites for hydroxylation is 1. The number of anilines is 1. The van der Waals surface area contributed by atoms with Crippen LogP contribution in [0.2, 0.25) is 0 Å². The molecule has 1 aromatic carbocycles. The van der Waals surface area contributed by atoms with Gasteiger partial charge in [0.2, 0.25) is 0 Å². The molecule has 1 N–H and O–H groups in total. The summed E-state index contributed by atoms with van der Waals surface area (Å²) in [7, 11) is 0. The Hall–Kier alpha value is -2.14. The molecule has 2 aromatic rings. The molecule has 0 amide bonds. The van der Waals surface area contributed by atoms with E-state index in [-0.39, 0.29) is 0 Å². The summed E-state index contributed by atoms with van der Waals surface area (Å²) in [6.07, 6.45) is 3.45. The van der Waals surface area contributed by atoms with Crippen LogP contribution in [0.3, 0.4) is 0 Å². The van der Waals surface area contributed by atoms with E-state index < -0.39 is 0 Å². The molecule has 5 heteroatoms. The van der Waals surface area contributed by atoms with Crippen LogP contribution in [0.1, 0.15) is 11.4 Å². The highest BCUT2D eigenvalue weighted by Gasteiger charge is 2.12. The van der Waals surface area contributed by atoms with Crippen LogP contribution in [-0.4, -0.2) is 36.1 Å². The fourth-order valence-corrected chi connectivity index (χ4v) is 2.53. The minimum atomic E-state index is 0.396. The Morgan fingerprint density at radius 3 is 2.67 bits per heavy atom. The molecule has 1 saturated heterocycles. The Morgan fingerprint density at radius 1 is 1.19 bits per heavy atom. The van der Waals surface area contributed by atoms with Gasteiger partial charge in [-0.05, 0) is 36.8 Å². The third-order valence-corrected chi connectivity index (χ3v) is 3.61. The maximum atomic E-state index is 5.76. The lowest BCUT2D eigenvalue weighted by Crippen LogP contribution is -2.43. The fourth-order valence-electron chi connectivity index (χ4n) is 2.53. The first-order valence-electron chi connectivity index (χ1n) is 7.28. The number of nitrogens with one attached hydrogen (secondary N) is 1. The average molecular weight is 284 g/mol. The van der Waals surface area contributed by atoms with Crippen molar-refractivity contribution in [1.82, 2.24) is 15.3 Å². The third-order valence-electron chi connectivity index (χ3n) is 3.61. The van der Waals surface area contributed by atoms with E-state index >= 15 is 0 Å². The number of aromatic nitrogens is 2. The second-order valence-electron chi connectivity index (χ2n) is 5.14. The third kappa shape index (κ3) is 3.49. The van der Waals surface area contributed by atoms with Gasteiger partial charge in [0.05, 0.1) is 0 Å². The maximum Gasteiger partial charge on any atom is 0.166 e. The summed E-state index contributed by atoms with van der Waals surface area (Å²) in [5, 5.41) is 3.37. The maximum absolute atomic E-state index is 5.76. The number of ether oxygens (including phenoxy) is 1. The first-order chi connectivity index (χ1) is 10.3. The van der Waals surface area contributed by atoms with Crippen molar-refractivity contribution in [3.63, 3.8) is 0 Å². The van der Waals surface area contributed by atoms with E-state index in [0.717, 1.165) is 31.9 Å². The lowest BCUT2D eigenvalue weighted by Gasteiger charge is -2.30. The predicted molar refractivity (Wildman–Crippen MR) is 82.6 cm³/mol. The van der Waals surface area contributed by atoms with E-state index in [2.05, 4.69) is 39.2 Å². The monoisotopic (exact) mass is 284 g/mol. The zero-order valence-corrected chi connectivity index (χ0v) is 12.2. The largest absolute Gasteiger partial charge is 0.486 e. The Kier molecular flexibility index (Phi) is 4.31. The van der Waals surface area contributed by atoms with Gasteiger partial charge >= 0.3 is 0 Å². The zero-order chi connectivity index (χ0) is 14.5. The van der Waals surface area contributed by atoms with Gasteiger partial charge in [0.25, 0.3) is 0 Å². The van der Waals surface area contributed by atoms with Crippen molar-refractivity contribution in [2.24, 2.45) is 0 Å². The van der Waals surface area contributed by atoms with Crippen molar-refractivity contribution in [3.05, 3.63) is 48.0 Å². The molecule has 110 valence electrons. The van der Waals surface area contributed by atoms with Crippen LogP contribution in [0, 0.1) is 6.92 Å². The number of hydrogen-bond donors (Lipinski definition) is 1. The number of nitrogens with zero attached hydrogens (tertiary/aromatic N) is 3. The van der Waals surface area contributed by atoms with Crippen molar-refractivity contribution in [3.8, 4) is 5.75 Å². The van der Waals surface area contributed by atoms with E-state index in [1.807, 2.05) is 6.07 Å². The fraction of sp³-hybridized carbons (Fsp3) is 0.375. The minimum absolute atomic E-state index is 0.396. The molecule has 5 nitrogen and oxygen atoms in total. The Morgan fingerprint density at radius 2 is 1.95 bits per heavy atom. The Labute approximate surface area is 125 Å².